The Morgan fingerprint density at radius 2 is 2.00 bits per heavy atom. The number of hydrogen-bond donors (Lipinski definition) is 3. The maximum absolute atomic E-state index is 4.64. The normalized spacial score (nSPS) is 11.8. The molecule has 0 unspecified atom stereocenters. The van der Waals surface area contributed by atoms with Crippen molar-refractivity contribution in [2.75, 3.05) is 19.6 Å². The number of nitrogens with zero attached hydrogens (tertiary/aromatic N) is 3. The van der Waals surface area contributed by atoms with E-state index in [1.807, 2.05) is 30.3 Å². The lowest BCUT2D eigenvalue weighted by Gasteiger charge is -2.11. The third kappa shape index (κ3) is 5.11. The molecule has 3 N–H and O–H groups in total. The Morgan fingerprint density at radius 1 is 1.16 bits per heavy atom. The molecule has 1 aromatic carbocycles. The van der Waals surface area contributed by atoms with Gasteiger partial charge in [0.2, 0.25) is 0 Å². The highest BCUT2D eigenvalue weighted by Gasteiger charge is 2.02. The number of para-hydroxylation sites is 2. The fourth-order valence-corrected chi connectivity index (χ4v) is 2.73. The van der Waals surface area contributed by atoms with Gasteiger partial charge in [-0.3, -0.25) is 4.99 Å². The summed E-state index contributed by atoms with van der Waals surface area (Å²) in [5.41, 5.74) is 2.13. The van der Waals surface area contributed by atoms with E-state index in [-0.39, 0.29) is 0 Å². The quantitative estimate of drug-likeness (QED) is 0.336. The molecule has 3 aromatic rings. The molecule has 2 heterocycles. The van der Waals surface area contributed by atoms with Crippen molar-refractivity contribution in [3.05, 3.63) is 54.6 Å². The van der Waals surface area contributed by atoms with E-state index in [0.29, 0.717) is 0 Å². The van der Waals surface area contributed by atoms with Gasteiger partial charge in [0.05, 0.1) is 11.0 Å². The third-order valence-corrected chi connectivity index (χ3v) is 3.95. The molecule has 0 saturated heterocycles. The van der Waals surface area contributed by atoms with Crippen molar-refractivity contribution in [1.82, 2.24) is 25.2 Å². The average Bonchev–Trinajstić information content (AvgIpc) is 3.27. The first kappa shape index (κ1) is 17.1. The molecule has 25 heavy (non-hydrogen) atoms. The Hall–Kier alpha value is -2.76. The van der Waals surface area contributed by atoms with Crippen LogP contribution in [0.15, 0.2) is 53.8 Å². The zero-order valence-electron chi connectivity index (χ0n) is 14.7. The van der Waals surface area contributed by atoms with Crippen molar-refractivity contribution in [2.45, 2.75) is 26.3 Å². The van der Waals surface area contributed by atoms with E-state index in [2.05, 4.69) is 55.5 Å². The van der Waals surface area contributed by atoms with Crippen LogP contribution < -0.4 is 10.6 Å². The Kier molecular flexibility index (Phi) is 6.09. The first-order valence-electron chi connectivity index (χ1n) is 8.91. The second kappa shape index (κ2) is 8.92. The molecule has 0 amide bonds. The van der Waals surface area contributed by atoms with Gasteiger partial charge in [-0.1, -0.05) is 12.1 Å². The number of nitrogens with one attached hydrogen (secondary N) is 3. The van der Waals surface area contributed by atoms with Crippen LogP contribution in [0.4, 0.5) is 0 Å². The average molecular weight is 338 g/mol. The van der Waals surface area contributed by atoms with Crippen molar-refractivity contribution in [1.29, 1.82) is 0 Å². The summed E-state index contributed by atoms with van der Waals surface area (Å²) in [6.45, 7) is 5.49. The van der Waals surface area contributed by atoms with E-state index >= 15 is 0 Å². The van der Waals surface area contributed by atoms with Crippen molar-refractivity contribution >= 4 is 17.0 Å². The van der Waals surface area contributed by atoms with Crippen molar-refractivity contribution < 1.29 is 0 Å². The fraction of sp³-hybridized carbons (Fsp3) is 0.368. The van der Waals surface area contributed by atoms with Crippen molar-refractivity contribution in [3.8, 4) is 0 Å². The van der Waals surface area contributed by atoms with Gasteiger partial charge in [-0.2, -0.15) is 0 Å². The Bertz CT molecular complexity index is 754. The number of aryl methyl sites for hydroxylation is 1. The van der Waals surface area contributed by atoms with Crippen LogP contribution in [0.3, 0.4) is 0 Å². The van der Waals surface area contributed by atoms with Gasteiger partial charge in [-0.05, 0) is 37.6 Å². The van der Waals surface area contributed by atoms with Crippen LogP contribution in [0, 0.1) is 0 Å². The number of benzene rings is 1. The number of rotatable bonds is 8. The number of H-pyrrole nitrogens is 1. The van der Waals surface area contributed by atoms with Crippen LogP contribution in [0.1, 0.15) is 19.2 Å². The van der Waals surface area contributed by atoms with Crippen LogP contribution in [0.5, 0.6) is 0 Å². The lowest BCUT2D eigenvalue weighted by molar-refractivity contribution is 0.664. The minimum atomic E-state index is 0.774. The van der Waals surface area contributed by atoms with E-state index in [1.165, 1.54) is 0 Å². The highest BCUT2D eigenvalue weighted by atomic mass is 15.2. The van der Waals surface area contributed by atoms with E-state index in [0.717, 1.165) is 61.8 Å². The third-order valence-electron chi connectivity index (χ3n) is 3.95. The number of imidazole rings is 1. The SMILES string of the molecule is CCNC(=NCCCc1nc2ccccc2[nH]1)NCCn1cccc1. The summed E-state index contributed by atoms with van der Waals surface area (Å²) >= 11 is 0. The highest BCUT2D eigenvalue weighted by Crippen LogP contribution is 2.11. The van der Waals surface area contributed by atoms with Crippen molar-refractivity contribution in [2.24, 2.45) is 4.99 Å². The fourth-order valence-electron chi connectivity index (χ4n) is 2.73. The van der Waals surface area contributed by atoms with Gasteiger partial charge in [0.1, 0.15) is 5.82 Å². The van der Waals surface area contributed by atoms with E-state index in [9.17, 15) is 0 Å². The van der Waals surface area contributed by atoms with Crippen LogP contribution in [0.2, 0.25) is 0 Å². The van der Waals surface area contributed by atoms with Gasteiger partial charge >= 0.3 is 0 Å². The van der Waals surface area contributed by atoms with Gasteiger partial charge in [0, 0.05) is 45.0 Å². The summed E-state index contributed by atoms with van der Waals surface area (Å²) in [5, 5.41) is 6.66. The first-order chi connectivity index (χ1) is 12.3. The second-order valence-corrected chi connectivity index (χ2v) is 5.91. The largest absolute Gasteiger partial charge is 0.357 e. The van der Waals surface area contributed by atoms with Crippen LogP contribution >= 0.6 is 0 Å². The first-order valence-corrected chi connectivity index (χ1v) is 8.91. The lowest BCUT2D eigenvalue weighted by Crippen LogP contribution is -2.38. The lowest BCUT2D eigenvalue weighted by atomic mass is 10.3. The zero-order chi connectivity index (χ0) is 17.3. The molecule has 2 aromatic heterocycles. The number of aromatic nitrogens is 3. The summed E-state index contributed by atoms with van der Waals surface area (Å²) in [4.78, 5) is 12.6. The molecule has 0 bridgehead atoms. The maximum Gasteiger partial charge on any atom is 0.191 e. The molecule has 0 aliphatic carbocycles. The highest BCUT2D eigenvalue weighted by molar-refractivity contribution is 5.79. The summed E-state index contributed by atoms with van der Waals surface area (Å²) < 4.78 is 2.15. The number of aromatic amines is 1. The number of aliphatic imine (C=N–C) groups is 1. The predicted molar refractivity (Wildman–Crippen MR) is 103 cm³/mol. The number of fused-ring (bicyclic) bond motifs is 1. The maximum atomic E-state index is 4.64. The molecule has 0 saturated carbocycles. The topological polar surface area (TPSA) is 70.0 Å². The van der Waals surface area contributed by atoms with Crippen LogP contribution in [-0.2, 0) is 13.0 Å². The van der Waals surface area contributed by atoms with Gasteiger partial charge in [-0.15, -0.1) is 0 Å². The Labute approximate surface area is 148 Å². The second-order valence-electron chi connectivity index (χ2n) is 5.91. The molecule has 6 nitrogen and oxygen atoms in total. The van der Waals surface area contributed by atoms with Crippen LogP contribution in [0.25, 0.3) is 11.0 Å². The molecule has 0 fully saturated rings. The molecular formula is C19H26N6. The Morgan fingerprint density at radius 3 is 2.80 bits per heavy atom. The van der Waals surface area contributed by atoms with Gasteiger partial charge in [0.15, 0.2) is 5.96 Å². The minimum absolute atomic E-state index is 0.774. The molecule has 0 aliphatic rings. The molecular weight excluding hydrogens is 312 g/mol. The molecule has 0 atom stereocenters. The predicted octanol–water partition coefficient (Wildman–Crippen LogP) is 2.55. The summed E-state index contributed by atoms with van der Waals surface area (Å²) in [6.07, 6.45) is 6.01. The summed E-state index contributed by atoms with van der Waals surface area (Å²) in [6, 6.07) is 12.2. The van der Waals surface area contributed by atoms with Gasteiger partial charge in [-0.25, -0.2) is 4.98 Å². The minimum Gasteiger partial charge on any atom is -0.357 e. The molecule has 132 valence electrons. The van der Waals surface area contributed by atoms with E-state index < -0.39 is 0 Å². The molecule has 3 rings (SSSR count). The van der Waals surface area contributed by atoms with E-state index in [1.54, 1.807) is 0 Å². The smallest absolute Gasteiger partial charge is 0.191 e. The monoisotopic (exact) mass is 338 g/mol. The van der Waals surface area contributed by atoms with Crippen molar-refractivity contribution in [3.63, 3.8) is 0 Å². The standard InChI is InChI=1S/C19H26N6/c1-2-20-19(22-12-15-25-13-5-6-14-25)21-11-7-10-18-23-16-8-3-4-9-17(16)24-18/h3-6,8-9,13-14H,2,7,10-12,15H2,1H3,(H,23,24)(H2,20,21,22). The number of hydrogen-bond acceptors (Lipinski definition) is 2. The van der Waals surface area contributed by atoms with Crippen LogP contribution in [-0.4, -0.2) is 40.1 Å². The van der Waals surface area contributed by atoms with Gasteiger partial charge in [0.25, 0.3) is 0 Å². The molecule has 6 heteroatoms. The van der Waals surface area contributed by atoms with E-state index in [4.69, 9.17) is 0 Å². The molecule has 0 aliphatic heterocycles. The number of guanidine groups is 1. The molecule has 0 radical (unpaired) electrons. The molecule has 0 spiro atoms. The summed E-state index contributed by atoms with van der Waals surface area (Å²) in [5.74, 6) is 1.90. The zero-order valence-corrected chi connectivity index (χ0v) is 14.7. The summed E-state index contributed by atoms with van der Waals surface area (Å²) in [7, 11) is 0. The Balaban J connectivity index is 1.44. The van der Waals surface area contributed by atoms with Gasteiger partial charge < -0.3 is 20.2 Å².